The minimum absolute atomic E-state index is 0.389. The van der Waals surface area contributed by atoms with Crippen LogP contribution in [0.25, 0.3) is 0 Å². The molecule has 0 spiro atoms. The lowest BCUT2D eigenvalue weighted by molar-refractivity contribution is 0.0696. The van der Waals surface area contributed by atoms with Crippen LogP contribution in [0.2, 0.25) is 0 Å². The number of aromatic carboxylic acids is 1. The lowest BCUT2D eigenvalue weighted by atomic mass is 9.95. The summed E-state index contributed by atoms with van der Waals surface area (Å²) in [5, 5.41) is 9.21. The van der Waals surface area contributed by atoms with Gasteiger partial charge in [-0.2, -0.15) is 0 Å². The minimum atomic E-state index is -0.847. The van der Waals surface area contributed by atoms with E-state index in [9.17, 15) is 9.90 Å². The topological polar surface area (TPSA) is 40.5 Å². The zero-order chi connectivity index (χ0) is 16.0. The van der Waals surface area contributed by atoms with Crippen LogP contribution >= 0.6 is 15.9 Å². The first-order valence-electron chi connectivity index (χ1n) is 8.00. The Bertz CT molecular complexity index is 787. The van der Waals surface area contributed by atoms with Crippen molar-refractivity contribution in [3.63, 3.8) is 0 Å². The van der Waals surface area contributed by atoms with Gasteiger partial charge in [-0.15, -0.1) is 0 Å². The summed E-state index contributed by atoms with van der Waals surface area (Å²) < 4.78 is 1.21. The third kappa shape index (κ3) is 2.60. The first-order chi connectivity index (χ1) is 11.1. The van der Waals surface area contributed by atoms with Crippen molar-refractivity contribution in [3.05, 3.63) is 68.7 Å². The van der Waals surface area contributed by atoms with Crippen molar-refractivity contribution in [3.8, 4) is 0 Å². The highest BCUT2D eigenvalue weighted by atomic mass is 79.9. The predicted molar refractivity (Wildman–Crippen MR) is 92.7 cm³/mol. The van der Waals surface area contributed by atoms with Gasteiger partial charge in [0, 0.05) is 23.6 Å². The number of carboxylic acid groups (broad SMARTS) is 1. The fourth-order valence-corrected chi connectivity index (χ4v) is 4.52. The van der Waals surface area contributed by atoms with Crippen molar-refractivity contribution in [2.75, 3.05) is 6.54 Å². The molecule has 2 aromatic carbocycles. The van der Waals surface area contributed by atoms with E-state index in [1.54, 1.807) is 6.07 Å². The summed E-state index contributed by atoms with van der Waals surface area (Å²) in [7, 11) is 0. The van der Waals surface area contributed by atoms with Gasteiger partial charge in [0.25, 0.3) is 0 Å². The van der Waals surface area contributed by atoms with Gasteiger partial charge in [-0.25, -0.2) is 4.79 Å². The van der Waals surface area contributed by atoms with Crippen molar-refractivity contribution in [1.82, 2.24) is 4.90 Å². The third-order valence-electron chi connectivity index (χ3n) is 5.12. The van der Waals surface area contributed by atoms with Gasteiger partial charge < -0.3 is 5.11 Å². The van der Waals surface area contributed by atoms with Crippen LogP contribution < -0.4 is 0 Å². The number of hydrogen-bond acceptors (Lipinski definition) is 2. The normalized spacial score (nSPS) is 20.1. The molecule has 3 nitrogen and oxygen atoms in total. The molecule has 1 N–H and O–H groups in total. The summed E-state index contributed by atoms with van der Waals surface area (Å²) in [6, 6.07) is 12.5. The van der Waals surface area contributed by atoms with Crippen molar-refractivity contribution in [2.24, 2.45) is 0 Å². The Kier molecular flexibility index (Phi) is 3.74. The number of carboxylic acids is 1. The molecule has 118 valence electrons. The largest absolute Gasteiger partial charge is 0.478 e. The van der Waals surface area contributed by atoms with Gasteiger partial charge in [0.1, 0.15) is 0 Å². The lowest BCUT2D eigenvalue weighted by Crippen LogP contribution is -2.33. The fraction of sp³-hybridized carbons (Fsp3) is 0.316. The molecule has 0 saturated heterocycles. The summed E-state index contributed by atoms with van der Waals surface area (Å²) >= 11 is 3.67. The molecule has 1 heterocycles. The molecular weight excluding hydrogens is 354 g/mol. The predicted octanol–water partition coefficient (Wildman–Crippen LogP) is 4.19. The van der Waals surface area contributed by atoms with Gasteiger partial charge in [0.15, 0.2) is 0 Å². The maximum atomic E-state index is 11.2. The molecule has 0 amide bonds. The maximum Gasteiger partial charge on any atom is 0.335 e. The Hall–Kier alpha value is -1.65. The third-order valence-corrected chi connectivity index (χ3v) is 5.86. The second-order valence-corrected chi connectivity index (χ2v) is 7.23. The minimum Gasteiger partial charge on any atom is -0.478 e. The highest BCUT2D eigenvalue weighted by molar-refractivity contribution is 9.10. The van der Waals surface area contributed by atoms with Crippen LogP contribution in [-0.2, 0) is 19.4 Å². The van der Waals surface area contributed by atoms with Gasteiger partial charge in [-0.05, 0) is 59.7 Å². The Labute approximate surface area is 144 Å². The van der Waals surface area contributed by atoms with Crippen LogP contribution in [0.4, 0.5) is 0 Å². The van der Waals surface area contributed by atoms with Crippen molar-refractivity contribution < 1.29 is 9.90 Å². The number of rotatable bonds is 2. The zero-order valence-corrected chi connectivity index (χ0v) is 14.3. The van der Waals surface area contributed by atoms with Gasteiger partial charge >= 0.3 is 5.97 Å². The molecule has 23 heavy (non-hydrogen) atoms. The van der Waals surface area contributed by atoms with Crippen LogP contribution in [0.15, 0.2) is 40.9 Å². The molecule has 2 aliphatic rings. The van der Waals surface area contributed by atoms with Crippen molar-refractivity contribution >= 4 is 21.9 Å². The van der Waals surface area contributed by atoms with E-state index in [2.05, 4.69) is 39.0 Å². The Morgan fingerprint density at radius 2 is 2.04 bits per heavy atom. The van der Waals surface area contributed by atoms with E-state index in [0.29, 0.717) is 11.6 Å². The number of nitrogens with zero attached hydrogens (tertiary/aromatic N) is 1. The van der Waals surface area contributed by atoms with Crippen molar-refractivity contribution in [1.29, 1.82) is 0 Å². The molecule has 1 unspecified atom stereocenters. The van der Waals surface area contributed by atoms with Crippen molar-refractivity contribution in [2.45, 2.75) is 31.8 Å². The Morgan fingerprint density at radius 3 is 2.87 bits per heavy atom. The summed E-state index contributed by atoms with van der Waals surface area (Å²) in [6.07, 6.45) is 3.25. The molecule has 4 rings (SSSR count). The monoisotopic (exact) mass is 371 g/mol. The number of carbonyl (C=O) groups is 1. The molecule has 0 saturated carbocycles. The SMILES string of the molecule is O=C(O)c1ccc2c(c1)CN(C1CCc3c(Br)cccc31)CC2. The van der Waals surface area contributed by atoms with Gasteiger partial charge in [0.05, 0.1) is 5.56 Å². The average molecular weight is 372 g/mol. The molecule has 1 atom stereocenters. The van der Waals surface area contributed by atoms with E-state index >= 15 is 0 Å². The number of fused-ring (bicyclic) bond motifs is 2. The van der Waals surface area contributed by atoms with E-state index in [1.807, 2.05) is 12.1 Å². The van der Waals surface area contributed by atoms with E-state index in [1.165, 1.54) is 26.7 Å². The molecule has 2 aromatic rings. The van der Waals surface area contributed by atoms with Crippen LogP contribution in [0.1, 0.15) is 45.1 Å². The number of benzene rings is 2. The van der Waals surface area contributed by atoms with E-state index < -0.39 is 5.97 Å². The highest BCUT2D eigenvalue weighted by Crippen LogP contribution is 2.40. The second kappa shape index (κ2) is 5.77. The van der Waals surface area contributed by atoms with Crippen LogP contribution in [0.5, 0.6) is 0 Å². The van der Waals surface area contributed by atoms with Gasteiger partial charge in [-0.1, -0.05) is 34.1 Å². The molecule has 0 aromatic heterocycles. The molecular formula is C19H18BrNO2. The Balaban J connectivity index is 1.63. The molecule has 0 fully saturated rings. The molecule has 4 heteroatoms. The molecule has 1 aliphatic heterocycles. The average Bonchev–Trinajstić information content (AvgIpc) is 2.99. The zero-order valence-electron chi connectivity index (χ0n) is 12.8. The molecule has 1 aliphatic carbocycles. The number of halogens is 1. The van der Waals surface area contributed by atoms with E-state index in [-0.39, 0.29) is 0 Å². The smallest absolute Gasteiger partial charge is 0.335 e. The molecule has 0 bridgehead atoms. The van der Waals surface area contributed by atoms with Crippen LogP contribution in [-0.4, -0.2) is 22.5 Å². The summed E-state index contributed by atoms with van der Waals surface area (Å²) in [5.41, 5.74) is 5.71. The Morgan fingerprint density at radius 1 is 1.17 bits per heavy atom. The second-order valence-electron chi connectivity index (χ2n) is 6.37. The summed E-state index contributed by atoms with van der Waals surface area (Å²) in [5.74, 6) is -0.847. The van der Waals surface area contributed by atoms with Gasteiger partial charge in [0.2, 0.25) is 0 Å². The first-order valence-corrected chi connectivity index (χ1v) is 8.79. The lowest BCUT2D eigenvalue weighted by Gasteiger charge is -2.34. The van der Waals surface area contributed by atoms with E-state index in [0.717, 1.165) is 32.4 Å². The van der Waals surface area contributed by atoms with Crippen LogP contribution in [0.3, 0.4) is 0 Å². The standard InChI is InChI=1S/C19H18BrNO2/c20-17-3-1-2-16-15(17)6-7-18(16)21-9-8-12-4-5-13(19(22)23)10-14(12)11-21/h1-5,10,18H,6-9,11H2,(H,22,23). The molecule has 0 radical (unpaired) electrons. The summed E-state index contributed by atoms with van der Waals surface area (Å²) in [6.45, 7) is 1.88. The van der Waals surface area contributed by atoms with E-state index in [4.69, 9.17) is 0 Å². The summed E-state index contributed by atoms with van der Waals surface area (Å²) in [4.78, 5) is 13.7. The fourth-order valence-electron chi connectivity index (χ4n) is 3.95. The first kappa shape index (κ1) is 14.9. The quantitative estimate of drug-likeness (QED) is 0.859. The van der Waals surface area contributed by atoms with Gasteiger partial charge in [-0.3, -0.25) is 4.90 Å². The number of hydrogen-bond donors (Lipinski definition) is 1. The van der Waals surface area contributed by atoms with Crippen LogP contribution in [0, 0.1) is 0 Å². The maximum absolute atomic E-state index is 11.2. The highest BCUT2D eigenvalue weighted by Gasteiger charge is 2.31.